The van der Waals surface area contributed by atoms with Crippen LogP contribution in [-0.4, -0.2) is 34.9 Å². The van der Waals surface area contributed by atoms with Gasteiger partial charge in [0.05, 0.1) is 23.9 Å². The van der Waals surface area contributed by atoms with Gasteiger partial charge in [-0.25, -0.2) is 9.97 Å². The SMILES string of the molecule is CCCC(=O)OCn1c(-c2cnn(Cc3cccc(C(F)(F)F)c3)c2)nc2ncn(CCC)c(=O)c21. The number of fused-ring (bicyclic) bond motifs is 1. The third kappa shape index (κ3) is 5.31. The van der Waals surface area contributed by atoms with Gasteiger partial charge in [-0.3, -0.25) is 23.4 Å². The molecular formula is C24H25F3N6O3. The van der Waals surface area contributed by atoms with Crippen LogP contribution in [0.25, 0.3) is 22.6 Å². The van der Waals surface area contributed by atoms with Gasteiger partial charge in [0.2, 0.25) is 0 Å². The topological polar surface area (TPSA) is 96.8 Å². The molecule has 0 aliphatic heterocycles. The number of imidazole rings is 1. The number of nitrogens with zero attached hydrogens (tertiary/aromatic N) is 6. The summed E-state index contributed by atoms with van der Waals surface area (Å²) in [4.78, 5) is 33.9. The summed E-state index contributed by atoms with van der Waals surface area (Å²) in [5.41, 5.74) is 0.245. The average Bonchev–Trinajstić information content (AvgIpc) is 3.44. The normalized spacial score (nSPS) is 11.8. The lowest BCUT2D eigenvalue weighted by atomic mass is 10.1. The summed E-state index contributed by atoms with van der Waals surface area (Å²) in [7, 11) is 0. The maximum absolute atomic E-state index is 13.1. The molecule has 0 fully saturated rings. The Morgan fingerprint density at radius 3 is 2.69 bits per heavy atom. The summed E-state index contributed by atoms with van der Waals surface area (Å²) in [5, 5.41) is 4.26. The monoisotopic (exact) mass is 502 g/mol. The Morgan fingerprint density at radius 1 is 1.17 bits per heavy atom. The zero-order valence-electron chi connectivity index (χ0n) is 19.8. The quantitative estimate of drug-likeness (QED) is 0.318. The van der Waals surface area contributed by atoms with Crippen LogP contribution >= 0.6 is 0 Å². The van der Waals surface area contributed by atoms with Gasteiger partial charge in [-0.05, 0) is 30.5 Å². The molecule has 0 radical (unpaired) electrons. The number of alkyl halides is 3. The highest BCUT2D eigenvalue weighted by Gasteiger charge is 2.30. The molecule has 1 aromatic carbocycles. The van der Waals surface area contributed by atoms with Crippen molar-refractivity contribution in [2.24, 2.45) is 0 Å². The minimum atomic E-state index is -4.44. The van der Waals surface area contributed by atoms with Crippen molar-refractivity contribution in [3.63, 3.8) is 0 Å². The maximum atomic E-state index is 13.1. The molecule has 0 saturated carbocycles. The number of hydrogen-bond donors (Lipinski definition) is 0. The molecule has 9 nitrogen and oxygen atoms in total. The Kier molecular flexibility index (Phi) is 7.22. The number of esters is 1. The van der Waals surface area contributed by atoms with Gasteiger partial charge in [0.15, 0.2) is 17.9 Å². The number of benzene rings is 1. The van der Waals surface area contributed by atoms with Crippen molar-refractivity contribution in [3.05, 3.63) is 64.5 Å². The first-order valence-electron chi connectivity index (χ1n) is 11.5. The first-order valence-corrected chi connectivity index (χ1v) is 11.5. The van der Waals surface area contributed by atoms with Gasteiger partial charge in [-0.1, -0.05) is 26.0 Å². The zero-order valence-corrected chi connectivity index (χ0v) is 19.8. The van der Waals surface area contributed by atoms with Crippen molar-refractivity contribution in [1.82, 2.24) is 28.9 Å². The number of carbonyl (C=O) groups is 1. The zero-order chi connectivity index (χ0) is 25.9. The smallest absolute Gasteiger partial charge is 0.416 e. The first-order chi connectivity index (χ1) is 17.2. The highest BCUT2D eigenvalue weighted by Crippen LogP contribution is 2.30. The molecule has 0 N–H and O–H groups in total. The fraction of sp³-hybridized carbons (Fsp3) is 0.375. The predicted molar refractivity (Wildman–Crippen MR) is 125 cm³/mol. The molecule has 4 aromatic rings. The van der Waals surface area contributed by atoms with E-state index < -0.39 is 17.7 Å². The van der Waals surface area contributed by atoms with Gasteiger partial charge in [0.1, 0.15) is 12.2 Å². The van der Waals surface area contributed by atoms with Gasteiger partial charge in [-0.2, -0.15) is 18.3 Å². The molecule has 0 spiro atoms. The first kappa shape index (κ1) is 25.1. The lowest BCUT2D eigenvalue weighted by Gasteiger charge is -2.10. The highest BCUT2D eigenvalue weighted by molar-refractivity contribution is 5.76. The molecule has 0 atom stereocenters. The number of carbonyl (C=O) groups excluding carboxylic acids is 1. The number of hydrogen-bond acceptors (Lipinski definition) is 6. The standard InChI is InChI=1S/C24H25F3N6O3/c1-3-6-19(34)36-15-33-20-21(28-14-31(9-4-2)23(20)35)30-22(33)17-11-29-32(13-17)12-16-7-5-8-18(10-16)24(25,26)27/h5,7-8,10-11,13-14H,3-4,6,9,12,15H2,1-2H3. The second-order valence-electron chi connectivity index (χ2n) is 8.30. The van der Waals surface area contributed by atoms with Gasteiger partial charge in [0, 0.05) is 19.2 Å². The van der Waals surface area contributed by atoms with Crippen LogP contribution in [0, 0.1) is 0 Å². The predicted octanol–water partition coefficient (Wildman–Crippen LogP) is 4.23. The number of halogens is 3. The van der Waals surface area contributed by atoms with Gasteiger partial charge in [0.25, 0.3) is 5.56 Å². The van der Waals surface area contributed by atoms with Gasteiger partial charge < -0.3 is 4.74 Å². The Hall–Kier alpha value is -3.96. The van der Waals surface area contributed by atoms with E-state index in [0.717, 1.165) is 18.6 Å². The Labute approximate surface area is 204 Å². The Bertz CT molecular complexity index is 1440. The lowest BCUT2D eigenvalue weighted by Crippen LogP contribution is -2.23. The number of aromatic nitrogens is 6. The Morgan fingerprint density at radius 2 is 1.97 bits per heavy atom. The van der Waals surface area contributed by atoms with E-state index in [1.807, 2.05) is 13.8 Å². The summed E-state index contributed by atoms with van der Waals surface area (Å²) in [6, 6.07) is 5.02. The van der Waals surface area contributed by atoms with Crippen molar-refractivity contribution in [2.75, 3.05) is 0 Å². The van der Waals surface area contributed by atoms with Crippen molar-refractivity contribution in [3.8, 4) is 11.4 Å². The van der Waals surface area contributed by atoms with E-state index in [0.29, 0.717) is 29.9 Å². The maximum Gasteiger partial charge on any atom is 0.416 e. The van der Waals surface area contributed by atoms with E-state index in [-0.39, 0.29) is 36.4 Å². The van der Waals surface area contributed by atoms with E-state index in [9.17, 15) is 22.8 Å². The van der Waals surface area contributed by atoms with Crippen molar-refractivity contribution < 1.29 is 22.7 Å². The molecule has 0 bridgehead atoms. The summed E-state index contributed by atoms with van der Waals surface area (Å²) in [6.07, 6.45) is 1.65. The van der Waals surface area contributed by atoms with Crippen LogP contribution in [0.15, 0.2) is 47.8 Å². The van der Waals surface area contributed by atoms with Crippen LogP contribution in [0.2, 0.25) is 0 Å². The largest absolute Gasteiger partial charge is 0.444 e. The minimum absolute atomic E-state index is 0.0944. The van der Waals surface area contributed by atoms with Crippen LogP contribution in [-0.2, 0) is 35.5 Å². The molecule has 0 unspecified atom stereocenters. The fourth-order valence-electron chi connectivity index (χ4n) is 3.81. The molecule has 190 valence electrons. The third-order valence-electron chi connectivity index (χ3n) is 5.50. The second kappa shape index (κ2) is 10.3. The van der Waals surface area contributed by atoms with Gasteiger partial charge >= 0.3 is 12.1 Å². The van der Waals surface area contributed by atoms with Crippen molar-refractivity contribution in [2.45, 2.75) is 59.1 Å². The lowest BCUT2D eigenvalue weighted by molar-refractivity contribution is -0.147. The second-order valence-corrected chi connectivity index (χ2v) is 8.30. The van der Waals surface area contributed by atoms with E-state index >= 15 is 0 Å². The van der Waals surface area contributed by atoms with Crippen LogP contribution < -0.4 is 5.56 Å². The third-order valence-corrected chi connectivity index (χ3v) is 5.50. The fourth-order valence-corrected chi connectivity index (χ4v) is 3.81. The van der Waals surface area contributed by atoms with Crippen molar-refractivity contribution in [1.29, 1.82) is 0 Å². The summed E-state index contributed by atoms with van der Waals surface area (Å²) in [5.74, 6) is -0.105. The highest BCUT2D eigenvalue weighted by atomic mass is 19.4. The minimum Gasteiger partial charge on any atom is -0.444 e. The van der Waals surface area contributed by atoms with Gasteiger partial charge in [-0.15, -0.1) is 0 Å². The Balaban J connectivity index is 1.71. The number of aryl methyl sites for hydroxylation is 1. The van der Waals surface area contributed by atoms with E-state index in [1.165, 1.54) is 32.4 Å². The number of rotatable bonds is 9. The molecule has 12 heteroatoms. The number of ether oxygens (including phenoxy) is 1. The van der Waals surface area contributed by atoms with E-state index in [4.69, 9.17) is 4.74 Å². The molecule has 0 aliphatic carbocycles. The van der Waals surface area contributed by atoms with Crippen LogP contribution in [0.5, 0.6) is 0 Å². The molecule has 0 aliphatic rings. The summed E-state index contributed by atoms with van der Waals surface area (Å²) < 4.78 is 49.0. The van der Waals surface area contributed by atoms with E-state index in [1.54, 1.807) is 12.3 Å². The molecular weight excluding hydrogens is 477 g/mol. The average molecular weight is 502 g/mol. The van der Waals surface area contributed by atoms with E-state index in [2.05, 4.69) is 15.1 Å². The molecule has 4 rings (SSSR count). The molecule has 0 saturated heterocycles. The van der Waals surface area contributed by atoms with Crippen molar-refractivity contribution >= 4 is 17.1 Å². The van der Waals surface area contributed by atoms with Crippen LogP contribution in [0.1, 0.15) is 44.2 Å². The summed E-state index contributed by atoms with van der Waals surface area (Å²) >= 11 is 0. The molecule has 3 heterocycles. The van der Waals surface area contributed by atoms with Crippen LogP contribution in [0.3, 0.4) is 0 Å². The van der Waals surface area contributed by atoms with Crippen LogP contribution in [0.4, 0.5) is 13.2 Å². The molecule has 36 heavy (non-hydrogen) atoms. The summed E-state index contributed by atoms with van der Waals surface area (Å²) in [6.45, 7) is 4.11. The molecule has 3 aromatic heterocycles. The molecule has 0 amide bonds.